The summed E-state index contributed by atoms with van der Waals surface area (Å²) >= 11 is 0. The van der Waals surface area contributed by atoms with E-state index in [1.54, 1.807) is 7.05 Å². The molecule has 0 saturated carbocycles. The van der Waals surface area contributed by atoms with Gasteiger partial charge in [0, 0.05) is 19.6 Å². The number of ether oxygens (including phenoxy) is 1. The van der Waals surface area contributed by atoms with Crippen molar-refractivity contribution in [2.45, 2.75) is 13.0 Å². The molecule has 1 aliphatic rings. The van der Waals surface area contributed by atoms with Crippen molar-refractivity contribution in [3.8, 4) is 0 Å². The normalized spacial score (nSPS) is 22.4. The van der Waals surface area contributed by atoms with Crippen molar-refractivity contribution in [2.24, 2.45) is 13.0 Å². The van der Waals surface area contributed by atoms with Crippen molar-refractivity contribution < 1.29 is 4.74 Å². The molecule has 0 radical (unpaired) electrons. The Morgan fingerprint density at radius 2 is 2.62 bits per heavy atom. The number of nitrogens with zero attached hydrogens (tertiary/aromatic N) is 3. The highest BCUT2D eigenvalue weighted by Crippen LogP contribution is 2.12. The molecule has 1 fully saturated rings. The Morgan fingerprint density at radius 3 is 3.15 bits per heavy atom. The number of hydrogen-bond acceptors (Lipinski definition) is 3. The molecule has 1 aliphatic heterocycles. The lowest BCUT2D eigenvalue weighted by Crippen LogP contribution is -2.26. The van der Waals surface area contributed by atoms with Crippen molar-refractivity contribution in [1.29, 1.82) is 0 Å². The van der Waals surface area contributed by atoms with Gasteiger partial charge in [0.2, 0.25) is 0 Å². The average molecular weight is 183 g/mol. The van der Waals surface area contributed by atoms with Gasteiger partial charge in [-0.2, -0.15) is 5.10 Å². The van der Waals surface area contributed by atoms with E-state index in [4.69, 9.17) is 4.74 Å². The van der Waals surface area contributed by atoms with E-state index in [1.807, 2.05) is 0 Å². The Morgan fingerprint density at radius 1 is 1.77 bits per heavy atom. The third-order valence-electron chi connectivity index (χ3n) is 2.34. The van der Waals surface area contributed by atoms with Gasteiger partial charge in [0.1, 0.15) is 6.33 Å². The fourth-order valence-corrected chi connectivity index (χ4v) is 1.52. The zero-order valence-electron chi connectivity index (χ0n) is 7.64. The molecule has 0 bridgehead atoms. The van der Waals surface area contributed by atoms with E-state index >= 15 is 0 Å². The third-order valence-corrected chi connectivity index (χ3v) is 2.34. The summed E-state index contributed by atoms with van der Waals surface area (Å²) in [6, 6.07) is 0. The average Bonchev–Trinajstić information content (AvgIpc) is 2.71. The zero-order valence-corrected chi connectivity index (χ0v) is 7.64. The second-order valence-electron chi connectivity index (χ2n) is 3.44. The van der Waals surface area contributed by atoms with Gasteiger partial charge in [0.05, 0.1) is 13.2 Å². The van der Waals surface area contributed by atoms with Gasteiger partial charge < -0.3 is 4.74 Å². The maximum atomic E-state index is 11.4. The van der Waals surface area contributed by atoms with E-state index in [9.17, 15) is 4.79 Å². The Hall–Kier alpha value is -1.10. The summed E-state index contributed by atoms with van der Waals surface area (Å²) in [5.41, 5.74) is -0.0492. The lowest BCUT2D eigenvalue weighted by atomic mass is 10.1. The van der Waals surface area contributed by atoms with Crippen molar-refractivity contribution >= 4 is 0 Å². The highest BCUT2D eigenvalue weighted by molar-refractivity contribution is 4.70. The SMILES string of the molecule is Cn1cnn(CC2CCOC2)c1=O. The Labute approximate surface area is 75.9 Å². The van der Waals surface area contributed by atoms with Crippen molar-refractivity contribution in [3.05, 3.63) is 16.8 Å². The van der Waals surface area contributed by atoms with Crippen LogP contribution in [0, 0.1) is 5.92 Å². The van der Waals surface area contributed by atoms with Crippen LogP contribution in [0.5, 0.6) is 0 Å². The first-order valence-electron chi connectivity index (χ1n) is 4.43. The molecule has 0 amide bonds. The smallest absolute Gasteiger partial charge is 0.345 e. The molecule has 0 aliphatic carbocycles. The summed E-state index contributed by atoms with van der Waals surface area (Å²) in [5, 5.41) is 3.99. The van der Waals surface area contributed by atoms with Crippen LogP contribution in [-0.2, 0) is 18.3 Å². The third kappa shape index (κ3) is 1.65. The van der Waals surface area contributed by atoms with E-state index in [0.29, 0.717) is 12.5 Å². The minimum Gasteiger partial charge on any atom is -0.381 e. The quantitative estimate of drug-likeness (QED) is 0.628. The Kier molecular flexibility index (Phi) is 2.18. The molecule has 2 rings (SSSR count). The first-order chi connectivity index (χ1) is 6.27. The van der Waals surface area contributed by atoms with Crippen LogP contribution in [0.3, 0.4) is 0 Å². The fourth-order valence-electron chi connectivity index (χ4n) is 1.52. The summed E-state index contributed by atoms with van der Waals surface area (Å²) in [6.45, 7) is 2.24. The van der Waals surface area contributed by atoms with E-state index < -0.39 is 0 Å². The lowest BCUT2D eigenvalue weighted by Gasteiger charge is -2.04. The molecule has 1 aromatic heterocycles. The predicted molar refractivity (Wildman–Crippen MR) is 46.4 cm³/mol. The highest BCUT2D eigenvalue weighted by atomic mass is 16.5. The van der Waals surface area contributed by atoms with Gasteiger partial charge in [-0.3, -0.25) is 4.57 Å². The molecule has 0 aromatic carbocycles. The number of aryl methyl sites for hydroxylation is 1. The first kappa shape index (κ1) is 8.50. The summed E-state index contributed by atoms with van der Waals surface area (Å²) in [5.74, 6) is 0.451. The standard InChI is InChI=1S/C8H13N3O2/c1-10-6-9-11(8(10)12)4-7-2-3-13-5-7/h6-7H,2-5H2,1H3. The van der Waals surface area contributed by atoms with Gasteiger partial charge in [0.15, 0.2) is 0 Å². The highest BCUT2D eigenvalue weighted by Gasteiger charge is 2.17. The van der Waals surface area contributed by atoms with Crippen molar-refractivity contribution in [2.75, 3.05) is 13.2 Å². The summed E-state index contributed by atoms with van der Waals surface area (Å²) in [4.78, 5) is 11.4. The second-order valence-corrected chi connectivity index (χ2v) is 3.44. The molecule has 0 N–H and O–H groups in total. The molecule has 13 heavy (non-hydrogen) atoms. The minimum absolute atomic E-state index is 0.0492. The van der Waals surface area contributed by atoms with Crippen LogP contribution in [0.15, 0.2) is 11.1 Å². The number of aromatic nitrogens is 3. The second kappa shape index (κ2) is 3.33. The molecule has 72 valence electrons. The molecular formula is C8H13N3O2. The van der Waals surface area contributed by atoms with Crippen LogP contribution >= 0.6 is 0 Å². The van der Waals surface area contributed by atoms with Gasteiger partial charge in [0.25, 0.3) is 0 Å². The molecule has 5 heteroatoms. The summed E-state index contributed by atoms with van der Waals surface area (Å²) in [7, 11) is 1.71. The number of rotatable bonds is 2. The van der Waals surface area contributed by atoms with Gasteiger partial charge in [-0.25, -0.2) is 9.48 Å². The van der Waals surface area contributed by atoms with Crippen LogP contribution in [0.25, 0.3) is 0 Å². The fraction of sp³-hybridized carbons (Fsp3) is 0.750. The topological polar surface area (TPSA) is 49.0 Å². The summed E-state index contributed by atoms with van der Waals surface area (Å²) < 4.78 is 8.21. The zero-order chi connectivity index (χ0) is 9.26. The van der Waals surface area contributed by atoms with E-state index in [1.165, 1.54) is 15.6 Å². The monoisotopic (exact) mass is 183 g/mol. The van der Waals surface area contributed by atoms with Crippen molar-refractivity contribution in [1.82, 2.24) is 14.3 Å². The lowest BCUT2D eigenvalue weighted by molar-refractivity contribution is 0.181. The Balaban J connectivity index is 2.09. The van der Waals surface area contributed by atoms with E-state index in [-0.39, 0.29) is 5.69 Å². The molecule has 1 unspecified atom stereocenters. The van der Waals surface area contributed by atoms with Gasteiger partial charge >= 0.3 is 5.69 Å². The van der Waals surface area contributed by atoms with Crippen LogP contribution in [0.2, 0.25) is 0 Å². The van der Waals surface area contributed by atoms with E-state index in [2.05, 4.69) is 5.10 Å². The van der Waals surface area contributed by atoms with Crippen LogP contribution in [-0.4, -0.2) is 27.6 Å². The molecular weight excluding hydrogens is 170 g/mol. The summed E-state index contributed by atoms with van der Waals surface area (Å²) in [6.07, 6.45) is 2.57. The molecule has 1 aromatic rings. The molecule has 2 heterocycles. The Bertz CT molecular complexity index is 335. The van der Waals surface area contributed by atoms with Gasteiger partial charge in [-0.1, -0.05) is 0 Å². The molecule has 0 spiro atoms. The molecule has 1 atom stereocenters. The largest absolute Gasteiger partial charge is 0.381 e. The number of hydrogen-bond donors (Lipinski definition) is 0. The van der Waals surface area contributed by atoms with Crippen molar-refractivity contribution in [3.63, 3.8) is 0 Å². The molecule has 5 nitrogen and oxygen atoms in total. The first-order valence-corrected chi connectivity index (χ1v) is 4.43. The van der Waals surface area contributed by atoms with E-state index in [0.717, 1.165) is 19.6 Å². The van der Waals surface area contributed by atoms with Crippen LogP contribution < -0.4 is 5.69 Å². The predicted octanol–water partition coefficient (Wildman–Crippen LogP) is -0.382. The maximum absolute atomic E-state index is 11.4. The van der Waals surface area contributed by atoms with Crippen LogP contribution in [0.4, 0.5) is 0 Å². The van der Waals surface area contributed by atoms with Gasteiger partial charge in [-0.05, 0) is 6.42 Å². The van der Waals surface area contributed by atoms with Gasteiger partial charge in [-0.15, -0.1) is 0 Å². The minimum atomic E-state index is -0.0492. The maximum Gasteiger partial charge on any atom is 0.345 e. The van der Waals surface area contributed by atoms with Crippen LogP contribution in [0.1, 0.15) is 6.42 Å². The molecule has 1 saturated heterocycles.